The minimum Gasteiger partial charge on any atom is -0.135 e. The van der Waals surface area contributed by atoms with Gasteiger partial charge in [0.15, 0.2) is 0 Å². The fourth-order valence-corrected chi connectivity index (χ4v) is 10.6. The molecule has 0 nitrogen and oxygen atoms in total. The molecule has 2 heterocycles. The Bertz CT molecular complexity index is 2490. The van der Waals surface area contributed by atoms with Crippen LogP contribution in [0.4, 0.5) is 0 Å². The maximum Gasteiger partial charge on any atom is 0.0434 e. The third kappa shape index (κ3) is 5.37. The molecule has 254 valence electrons. The van der Waals surface area contributed by atoms with Crippen LogP contribution in [-0.4, -0.2) is 0 Å². The van der Waals surface area contributed by atoms with Crippen LogP contribution in [-0.2, 0) is 6.42 Å². The lowest BCUT2D eigenvalue weighted by Gasteiger charge is -2.14. The summed E-state index contributed by atoms with van der Waals surface area (Å²) < 4.78 is 5.56. The van der Waals surface area contributed by atoms with Gasteiger partial charge in [0.25, 0.3) is 0 Å². The maximum atomic E-state index is 2.50. The molecule has 0 amide bonds. The molecule has 0 spiro atoms. The van der Waals surface area contributed by atoms with Gasteiger partial charge in [0.1, 0.15) is 0 Å². The smallest absolute Gasteiger partial charge is 0.0434 e. The van der Waals surface area contributed by atoms with E-state index in [0.717, 1.165) is 6.42 Å². The molecule has 0 aliphatic heterocycles. The summed E-state index contributed by atoms with van der Waals surface area (Å²) in [6, 6.07) is 38.7. The summed E-state index contributed by atoms with van der Waals surface area (Å²) in [4.78, 5) is 0. The lowest BCUT2D eigenvalue weighted by molar-refractivity contribution is 0.868. The van der Waals surface area contributed by atoms with E-state index >= 15 is 0 Å². The van der Waals surface area contributed by atoms with Crippen LogP contribution < -0.4 is 0 Å². The van der Waals surface area contributed by atoms with Crippen LogP contribution in [0.3, 0.4) is 0 Å². The Kier molecular flexibility index (Phi) is 7.80. The molecule has 0 radical (unpaired) electrons. The lowest BCUT2D eigenvalue weighted by atomic mass is 9.91. The molecule has 0 unspecified atom stereocenters. The summed E-state index contributed by atoms with van der Waals surface area (Å²) in [6.45, 7) is 18.5. The molecule has 0 bridgehead atoms. The Morgan fingerprint density at radius 1 is 0.373 bits per heavy atom. The van der Waals surface area contributed by atoms with E-state index in [9.17, 15) is 0 Å². The molecule has 51 heavy (non-hydrogen) atoms. The van der Waals surface area contributed by atoms with Crippen molar-refractivity contribution in [3.63, 3.8) is 0 Å². The Balaban J connectivity index is 1.21. The van der Waals surface area contributed by atoms with Gasteiger partial charge in [0.2, 0.25) is 0 Å². The largest absolute Gasteiger partial charge is 0.135 e. The van der Waals surface area contributed by atoms with E-state index in [-0.39, 0.29) is 0 Å². The van der Waals surface area contributed by atoms with Crippen molar-refractivity contribution >= 4 is 63.0 Å². The van der Waals surface area contributed by atoms with Crippen LogP contribution >= 0.6 is 22.7 Å². The van der Waals surface area contributed by atoms with Crippen LogP contribution in [0.15, 0.2) is 97.1 Å². The Labute approximate surface area is 310 Å². The minimum absolute atomic E-state index is 0.457. The van der Waals surface area contributed by atoms with Gasteiger partial charge in [0.05, 0.1) is 0 Å². The summed E-state index contributed by atoms with van der Waals surface area (Å²) in [7, 11) is 0. The van der Waals surface area contributed by atoms with Crippen molar-refractivity contribution < 1.29 is 0 Å². The normalized spacial score (nSPS) is 12.9. The van der Waals surface area contributed by atoms with Crippen LogP contribution in [0, 0.1) is 0 Å². The van der Waals surface area contributed by atoms with E-state index in [1.165, 1.54) is 107 Å². The highest BCUT2D eigenvalue weighted by Crippen LogP contribution is 2.48. The number of hydrogen-bond donors (Lipinski definition) is 0. The molecule has 0 atom stereocenters. The van der Waals surface area contributed by atoms with Gasteiger partial charge in [-0.25, -0.2) is 0 Å². The third-order valence-electron chi connectivity index (χ3n) is 11.4. The summed E-state index contributed by atoms with van der Waals surface area (Å²) in [5.74, 6) is 1.94. The first-order valence-electron chi connectivity index (χ1n) is 18.8. The highest BCUT2D eigenvalue weighted by atomic mass is 32.1. The summed E-state index contributed by atoms with van der Waals surface area (Å²) >= 11 is 3.90. The number of benzene rings is 6. The van der Waals surface area contributed by atoms with Gasteiger partial charge in [-0.05, 0) is 158 Å². The predicted octanol–water partition coefficient (Wildman–Crippen LogP) is 15.8. The molecular formula is C49H46S2. The highest BCUT2D eigenvalue weighted by Gasteiger charge is 2.23. The molecule has 8 aromatic rings. The average molecular weight is 699 g/mol. The molecule has 0 saturated heterocycles. The average Bonchev–Trinajstić information content (AvgIpc) is 3.80. The van der Waals surface area contributed by atoms with E-state index in [1.54, 1.807) is 0 Å². The second-order valence-electron chi connectivity index (χ2n) is 16.1. The number of rotatable bonds is 6. The van der Waals surface area contributed by atoms with E-state index in [1.807, 2.05) is 22.7 Å². The Morgan fingerprint density at radius 3 is 1.16 bits per heavy atom. The number of fused-ring (bicyclic) bond motifs is 9. The topological polar surface area (TPSA) is 0 Å². The lowest BCUT2D eigenvalue weighted by Crippen LogP contribution is -1.91. The molecule has 9 rings (SSSR count). The highest BCUT2D eigenvalue weighted by molar-refractivity contribution is 7.26. The van der Waals surface area contributed by atoms with Gasteiger partial charge in [-0.3, -0.25) is 0 Å². The molecule has 0 N–H and O–H groups in total. The zero-order chi connectivity index (χ0) is 35.3. The van der Waals surface area contributed by atoms with Crippen LogP contribution in [0.2, 0.25) is 0 Å². The van der Waals surface area contributed by atoms with E-state index in [0.29, 0.717) is 23.7 Å². The summed E-state index contributed by atoms with van der Waals surface area (Å²) in [5, 5.41) is 5.61. The maximum absolute atomic E-state index is 2.50. The van der Waals surface area contributed by atoms with Gasteiger partial charge >= 0.3 is 0 Å². The fourth-order valence-electron chi connectivity index (χ4n) is 8.15. The molecule has 1 aliphatic rings. The third-order valence-corrected chi connectivity index (χ3v) is 13.9. The molecule has 0 fully saturated rings. The molecule has 2 heteroatoms. The first-order chi connectivity index (χ1) is 24.5. The SMILES string of the molecule is CC(C)c1ccc2sc3c(-c4ccc5c(c4)-c4cc(-c6cc(C(C)C)cc7c6sc6ccc(C(C)C)cc67)ccc4C5)cc(C(C)C)cc3c2c1. The van der Waals surface area contributed by atoms with E-state index < -0.39 is 0 Å². The zero-order valence-corrected chi connectivity index (χ0v) is 32.7. The molecule has 1 aliphatic carbocycles. The van der Waals surface area contributed by atoms with Crippen molar-refractivity contribution in [1.82, 2.24) is 0 Å². The van der Waals surface area contributed by atoms with E-state index in [2.05, 4.69) is 152 Å². The molecule has 6 aromatic carbocycles. The van der Waals surface area contributed by atoms with Crippen molar-refractivity contribution in [3.05, 3.63) is 130 Å². The van der Waals surface area contributed by atoms with Gasteiger partial charge in [0, 0.05) is 40.3 Å². The number of thiophene rings is 2. The van der Waals surface area contributed by atoms with Gasteiger partial charge in [-0.1, -0.05) is 91.8 Å². The second-order valence-corrected chi connectivity index (χ2v) is 18.2. The minimum atomic E-state index is 0.457. The molecular weight excluding hydrogens is 653 g/mol. The first kappa shape index (κ1) is 32.7. The second kappa shape index (κ2) is 12.2. The quantitative estimate of drug-likeness (QED) is 0.162. The Hall–Kier alpha value is -4.24. The fraction of sp³-hybridized carbons (Fsp3) is 0.265. The van der Waals surface area contributed by atoms with Crippen molar-refractivity contribution in [2.45, 2.75) is 85.5 Å². The Morgan fingerprint density at radius 2 is 0.765 bits per heavy atom. The van der Waals surface area contributed by atoms with Crippen molar-refractivity contribution in [2.75, 3.05) is 0 Å². The van der Waals surface area contributed by atoms with Crippen LogP contribution in [0.25, 0.3) is 73.7 Å². The zero-order valence-electron chi connectivity index (χ0n) is 31.1. The van der Waals surface area contributed by atoms with Gasteiger partial charge in [-0.2, -0.15) is 0 Å². The number of hydrogen-bond acceptors (Lipinski definition) is 2. The van der Waals surface area contributed by atoms with Gasteiger partial charge < -0.3 is 0 Å². The molecule has 0 saturated carbocycles. The van der Waals surface area contributed by atoms with Crippen LogP contribution in [0.1, 0.15) is 112 Å². The van der Waals surface area contributed by atoms with Gasteiger partial charge in [-0.15, -0.1) is 22.7 Å². The predicted molar refractivity (Wildman–Crippen MR) is 228 cm³/mol. The summed E-state index contributed by atoms with van der Waals surface area (Å²) in [5.41, 5.74) is 16.7. The van der Waals surface area contributed by atoms with Crippen molar-refractivity contribution in [1.29, 1.82) is 0 Å². The molecule has 2 aromatic heterocycles. The van der Waals surface area contributed by atoms with Crippen molar-refractivity contribution in [3.8, 4) is 33.4 Å². The summed E-state index contributed by atoms with van der Waals surface area (Å²) in [6.07, 6.45) is 0.996. The first-order valence-corrected chi connectivity index (χ1v) is 20.4. The van der Waals surface area contributed by atoms with Crippen LogP contribution in [0.5, 0.6) is 0 Å². The van der Waals surface area contributed by atoms with E-state index in [4.69, 9.17) is 0 Å². The van der Waals surface area contributed by atoms with Crippen molar-refractivity contribution in [2.24, 2.45) is 0 Å². The standard InChI is InChI=1S/C49H46S2/c1-26(2)30-13-15-46-42(18-30)44-24-36(28(5)6)22-40(48(44)50-46)34-11-9-32-17-33-10-12-35(21-39(33)38(32)20-34)41-23-37(29(7)8)25-45-43-19-31(27(3)4)14-16-47(43)51-49(41)45/h9-16,18-29H,17H2,1-8H3. The monoisotopic (exact) mass is 698 g/mol.